The Morgan fingerprint density at radius 1 is 1.16 bits per heavy atom. The molecule has 0 radical (unpaired) electrons. The van der Waals surface area contributed by atoms with Gasteiger partial charge in [-0.05, 0) is 42.3 Å². The van der Waals surface area contributed by atoms with E-state index in [1.165, 1.54) is 25.4 Å². The number of aliphatic hydroxyl groups is 1. The number of nitrogens with two attached hydrogens (primary N) is 1. The fourth-order valence-electron chi connectivity index (χ4n) is 4.14. The molecule has 4 rings (SSSR count). The first-order valence-electron chi connectivity index (χ1n) is 11.3. The van der Waals surface area contributed by atoms with Crippen LogP contribution in [0, 0.1) is 0 Å². The lowest BCUT2D eigenvalue weighted by Crippen LogP contribution is -2.51. The topological polar surface area (TPSA) is 148 Å². The fraction of sp³-hybridized carbons (Fsp3) is 0.292. The molecule has 3 aromatic rings. The highest BCUT2D eigenvalue weighted by Gasteiger charge is 2.35. The Hall–Kier alpha value is -3.75. The number of carbonyl (C=O) groups is 1. The number of alkyl halides is 3. The van der Waals surface area contributed by atoms with Crippen molar-refractivity contribution in [3.8, 4) is 16.9 Å². The van der Waals surface area contributed by atoms with Crippen molar-refractivity contribution in [3.63, 3.8) is 0 Å². The number of halogens is 3. The van der Waals surface area contributed by atoms with Gasteiger partial charge in [-0.25, -0.2) is 18.4 Å². The van der Waals surface area contributed by atoms with Gasteiger partial charge in [0.2, 0.25) is 10.0 Å². The standard InChI is InChI=1S/C24H24F3N5O5S/c1-37-22-17(8-10-29-21(22)23(28)34)14-2-5-16(6-3-14)38(35,36)32-11-9-18(19(33)13-32)31-20-7-4-15(12-30-20)24(25,26)27/h2-8,10,12,18-19,33H,9,11,13H2,1H3,(H2,28,34)(H,30,31)/t18-,19+/m1/s1. The maximum atomic E-state index is 13.2. The monoisotopic (exact) mass is 551 g/mol. The van der Waals surface area contributed by atoms with Gasteiger partial charge in [0.05, 0.1) is 29.7 Å². The van der Waals surface area contributed by atoms with E-state index in [9.17, 15) is 31.5 Å². The molecule has 0 saturated carbocycles. The van der Waals surface area contributed by atoms with Crippen LogP contribution in [0.3, 0.4) is 0 Å². The number of anilines is 1. The van der Waals surface area contributed by atoms with Gasteiger partial charge in [0.1, 0.15) is 5.82 Å². The summed E-state index contributed by atoms with van der Waals surface area (Å²) in [5, 5.41) is 13.5. The number of piperidine rings is 1. The number of aliphatic hydroxyl groups excluding tert-OH is 1. The molecule has 14 heteroatoms. The van der Waals surface area contributed by atoms with E-state index in [1.807, 2.05) is 0 Å². The van der Waals surface area contributed by atoms with Crippen molar-refractivity contribution >= 4 is 21.7 Å². The number of hydrogen-bond acceptors (Lipinski definition) is 8. The number of hydrogen-bond donors (Lipinski definition) is 3. The molecular formula is C24H24F3N5O5S. The summed E-state index contributed by atoms with van der Waals surface area (Å²) < 4.78 is 71.1. The lowest BCUT2D eigenvalue weighted by Gasteiger charge is -2.35. The lowest BCUT2D eigenvalue weighted by atomic mass is 10.0. The third-order valence-electron chi connectivity index (χ3n) is 6.11. The van der Waals surface area contributed by atoms with Crippen LogP contribution in [0.15, 0.2) is 59.8 Å². The molecule has 10 nitrogen and oxygen atoms in total. The summed E-state index contributed by atoms with van der Waals surface area (Å²) >= 11 is 0. The summed E-state index contributed by atoms with van der Waals surface area (Å²) in [4.78, 5) is 19.3. The van der Waals surface area contributed by atoms with Gasteiger partial charge in [0, 0.05) is 31.0 Å². The number of amides is 1. The minimum atomic E-state index is -4.51. The molecule has 1 aliphatic heterocycles. The van der Waals surface area contributed by atoms with Crippen LogP contribution in [0.4, 0.5) is 19.0 Å². The quantitative estimate of drug-likeness (QED) is 0.406. The van der Waals surface area contributed by atoms with Crippen molar-refractivity contribution in [1.82, 2.24) is 14.3 Å². The number of sulfonamides is 1. The van der Waals surface area contributed by atoms with Crippen LogP contribution >= 0.6 is 0 Å². The highest BCUT2D eigenvalue weighted by molar-refractivity contribution is 7.89. The molecule has 3 heterocycles. The van der Waals surface area contributed by atoms with Crippen LogP contribution < -0.4 is 15.8 Å². The maximum Gasteiger partial charge on any atom is 0.417 e. The third-order valence-corrected chi connectivity index (χ3v) is 7.99. The van der Waals surface area contributed by atoms with Gasteiger partial charge in [-0.15, -0.1) is 0 Å². The Bertz CT molecular complexity index is 1420. The minimum Gasteiger partial charge on any atom is -0.494 e. The zero-order chi connectivity index (χ0) is 27.7. The molecule has 2 aromatic heterocycles. The van der Waals surface area contributed by atoms with Crippen LogP contribution in [-0.4, -0.2) is 66.0 Å². The molecule has 1 amide bonds. The Morgan fingerprint density at radius 2 is 1.87 bits per heavy atom. The number of methoxy groups -OCH3 is 1. The summed E-state index contributed by atoms with van der Waals surface area (Å²) in [6.45, 7) is -0.151. The molecule has 4 N–H and O–H groups in total. The van der Waals surface area contributed by atoms with Gasteiger partial charge < -0.3 is 20.9 Å². The molecule has 2 atom stereocenters. The Morgan fingerprint density at radius 3 is 2.42 bits per heavy atom. The maximum absolute atomic E-state index is 13.2. The van der Waals surface area contributed by atoms with E-state index in [2.05, 4.69) is 15.3 Å². The van der Waals surface area contributed by atoms with E-state index in [0.29, 0.717) is 17.3 Å². The number of rotatable bonds is 7. The summed E-state index contributed by atoms with van der Waals surface area (Å²) in [5.74, 6) is -0.468. The average Bonchev–Trinajstić information content (AvgIpc) is 2.89. The van der Waals surface area contributed by atoms with E-state index < -0.39 is 39.8 Å². The number of nitrogens with one attached hydrogen (secondary N) is 1. The zero-order valence-electron chi connectivity index (χ0n) is 20.0. The van der Waals surface area contributed by atoms with Gasteiger partial charge in [-0.3, -0.25) is 4.79 Å². The molecule has 202 valence electrons. The Balaban J connectivity index is 1.46. The van der Waals surface area contributed by atoms with E-state index >= 15 is 0 Å². The summed E-state index contributed by atoms with van der Waals surface area (Å²) in [6, 6.07) is 8.94. The predicted octanol–water partition coefficient (Wildman–Crippen LogP) is 2.51. The first-order valence-corrected chi connectivity index (χ1v) is 12.8. The first-order chi connectivity index (χ1) is 17.9. The molecule has 0 unspecified atom stereocenters. The van der Waals surface area contributed by atoms with Gasteiger partial charge >= 0.3 is 6.18 Å². The highest BCUT2D eigenvalue weighted by atomic mass is 32.2. The van der Waals surface area contributed by atoms with Crippen molar-refractivity contribution in [2.75, 3.05) is 25.5 Å². The van der Waals surface area contributed by atoms with Gasteiger partial charge in [-0.2, -0.15) is 17.5 Å². The molecule has 1 saturated heterocycles. The summed E-state index contributed by atoms with van der Waals surface area (Å²) in [7, 11) is -2.60. The second-order valence-corrected chi connectivity index (χ2v) is 10.5. The smallest absolute Gasteiger partial charge is 0.417 e. The number of carbonyl (C=O) groups excluding carboxylic acids is 1. The van der Waals surface area contributed by atoms with Crippen molar-refractivity contribution < 1.29 is 36.2 Å². The van der Waals surface area contributed by atoms with Crippen LogP contribution in [0.1, 0.15) is 22.5 Å². The molecule has 0 spiro atoms. The summed E-state index contributed by atoms with van der Waals surface area (Å²) in [5.41, 5.74) is 5.46. The zero-order valence-corrected chi connectivity index (χ0v) is 20.8. The number of ether oxygens (including phenoxy) is 1. The van der Waals surface area contributed by atoms with Crippen molar-refractivity contribution in [1.29, 1.82) is 0 Å². The van der Waals surface area contributed by atoms with Gasteiger partial charge in [0.15, 0.2) is 11.4 Å². The lowest BCUT2D eigenvalue weighted by molar-refractivity contribution is -0.137. The van der Waals surface area contributed by atoms with Crippen molar-refractivity contribution in [2.24, 2.45) is 5.73 Å². The average molecular weight is 552 g/mol. The largest absolute Gasteiger partial charge is 0.494 e. The van der Waals surface area contributed by atoms with Gasteiger partial charge in [-0.1, -0.05) is 12.1 Å². The second kappa shape index (κ2) is 10.6. The minimum absolute atomic E-state index is 0.00703. The number of aromatic nitrogens is 2. The van der Waals surface area contributed by atoms with E-state index in [1.54, 1.807) is 18.2 Å². The number of benzene rings is 1. The van der Waals surface area contributed by atoms with Crippen molar-refractivity contribution in [2.45, 2.75) is 29.6 Å². The molecule has 0 bridgehead atoms. The molecule has 0 aliphatic carbocycles. The SMILES string of the molecule is COc1c(-c2ccc(S(=O)(=O)N3CC[C@@H](Nc4ccc(C(F)(F)F)cn4)[C@@H](O)C3)cc2)ccnc1C(N)=O. The van der Waals surface area contributed by atoms with Gasteiger partial charge in [0.25, 0.3) is 5.91 Å². The normalized spacial score (nSPS) is 18.7. The van der Waals surface area contributed by atoms with Crippen LogP contribution in [0.25, 0.3) is 11.1 Å². The number of pyridine rings is 2. The molecule has 1 fully saturated rings. The number of primary amides is 1. The number of β-amino-alcohol motifs (C(OH)–C–C–N with tert-alkyl or cyclic N) is 1. The van der Waals surface area contributed by atoms with Crippen LogP contribution in [-0.2, 0) is 16.2 Å². The molecule has 1 aliphatic rings. The van der Waals surface area contributed by atoms with Crippen molar-refractivity contribution in [3.05, 3.63) is 66.1 Å². The Labute approximate surface area is 216 Å². The van der Waals surface area contributed by atoms with Crippen LogP contribution in [0.5, 0.6) is 5.75 Å². The Kier molecular flexibility index (Phi) is 7.58. The van der Waals surface area contributed by atoms with E-state index in [4.69, 9.17) is 10.5 Å². The van der Waals surface area contributed by atoms with E-state index in [0.717, 1.165) is 16.4 Å². The van der Waals surface area contributed by atoms with Crippen LogP contribution in [0.2, 0.25) is 0 Å². The molecule has 1 aromatic carbocycles. The third kappa shape index (κ3) is 5.56. The predicted molar refractivity (Wildman–Crippen MR) is 131 cm³/mol. The second-order valence-electron chi connectivity index (χ2n) is 8.53. The fourth-order valence-corrected chi connectivity index (χ4v) is 5.61. The molecular weight excluding hydrogens is 527 g/mol. The highest BCUT2D eigenvalue weighted by Crippen LogP contribution is 2.33. The summed E-state index contributed by atoms with van der Waals surface area (Å²) in [6.07, 6.45) is -3.36. The first kappa shape index (κ1) is 27.3. The number of nitrogens with zero attached hydrogens (tertiary/aromatic N) is 3. The van der Waals surface area contributed by atoms with E-state index in [-0.39, 0.29) is 41.7 Å². The molecule has 38 heavy (non-hydrogen) atoms.